The first-order valence-electron chi connectivity index (χ1n) is 10.2. The molecular weight excluding hydrogens is 490 g/mol. The Morgan fingerprint density at radius 1 is 0.971 bits per heavy atom. The molecule has 1 amide bonds. The maximum absolute atomic E-state index is 14.1. The van der Waals surface area contributed by atoms with E-state index in [1.54, 1.807) is 6.07 Å². The van der Waals surface area contributed by atoms with E-state index in [1.807, 2.05) is 0 Å². The van der Waals surface area contributed by atoms with Crippen LogP contribution in [-0.2, 0) is 27.6 Å². The van der Waals surface area contributed by atoms with E-state index in [0.29, 0.717) is 11.6 Å². The fourth-order valence-corrected chi connectivity index (χ4v) is 4.11. The van der Waals surface area contributed by atoms with Crippen LogP contribution in [0, 0.1) is 5.82 Å². The van der Waals surface area contributed by atoms with Crippen molar-refractivity contribution in [2.75, 3.05) is 20.3 Å². The van der Waals surface area contributed by atoms with Crippen LogP contribution in [0.4, 0.5) is 17.6 Å². The molecule has 0 saturated heterocycles. The molecule has 11 heteroatoms. The zero-order valence-corrected chi connectivity index (χ0v) is 19.3. The highest BCUT2D eigenvalue weighted by Crippen LogP contribution is 2.31. The molecule has 3 aromatic rings. The van der Waals surface area contributed by atoms with Gasteiger partial charge in [0.05, 0.1) is 17.7 Å². The van der Waals surface area contributed by atoms with E-state index < -0.39 is 38.5 Å². The van der Waals surface area contributed by atoms with Crippen molar-refractivity contribution in [2.24, 2.45) is 0 Å². The van der Waals surface area contributed by atoms with Crippen molar-refractivity contribution in [3.8, 4) is 5.75 Å². The molecule has 3 aromatic carbocycles. The lowest BCUT2D eigenvalue weighted by Gasteiger charge is -2.23. The van der Waals surface area contributed by atoms with Crippen molar-refractivity contribution < 1.29 is 39.7 Å². The molecule has 0 aliphatic carbocycles. The number of amides is 1. The van der Waals surface area contributed by atoms with Gasteiger partial charge in [-0.1, -0.05) is 30.3 Å². The minimum absolute atomic E-state index is 0.0667. The molecule has 0 aliphatic heterocycles. The summed E-state index contributed by atoms with van der Waals surface area (Å²) in [6.07, 6.45) is -4.71. The molecule has 0 fully saturated rings. The quantitative estimate of drug-likeness (QED) is 0.302. The first kappa shape index (κ1) is 26.2. The first-order chi connectivity index (χ1) is 16.5. The number of carbonyl (C=O) groups excluding carboxylic acids is 1. The predicted molar refractivity (Wildman–Crippen MR) is 119 cm³/mol. The van der Waals surface area contributed by atoms with E-state index in [9.17, 15) is 30.8 Å². The number of hydrogen-bond acceptors (Lipinski definition) is 5. The Balaban J connectivity index is 1.76. The number of ether oxygens (including phenoxy) is 1. The topological polar surface area (TPSA) is 72.9 Å². The van der Waals surface area contributed by atoms with Crippen molar-refractivity contribution in [2.45, 2.75) is 17.6 Å². The number of rotatable bonds is 9. The summed E-state index contributed by atoms with van der Waals surface area (Å²) in [5, 5.41) is 0. The van der Waals surface area contributed by atoms with Crippen LogP contribution < -0.4 is 4.18 Å². The number of alkyl halides is 3. The average molecular weight is 511 g/mol. The predicted octanol–water partition coefficient (Wildman–Crippen LogP) is 4.90. The van der Waals surface area contributed by atoms with Crippen LogP contribution in [0.25, 0.3) is 0 Å². The van der Waals surface area contributed by atoms with Crippen molar-refractivity contribution in [3.63, 3.8) is 0 Å². The maximum Gasteiger partial charge on any atom is 0.416 e. The highest BCUT2D eigenvalue weighted by molar-refractivity contribution is 7.87. The number of benzene rings is 3. The fraction of sp³-hybridized carbons (Fsp3) is 0.208. The Bertz CT molecular complexity index is 1280. The van der Waals surface area contributed by atoms with Crippen molar-refractivity contribution in [1.29, 1.82) is 0 Å². The van der Waals surface area contributed by atoms with Gasteiger partial charge in [0.2, 0.25) is 0 Å². The van der Waals surface area contributed by atoms with Crippen LogP contribution in [0.15, 0.2) is 77.7 Å². The fourth-order valence-electron chi connectivity index (χ4n) is 3.13. The molecule has 3 rings (SSSR count). The Morgan fingerprint density at radius 3 is 2.29 bits per heavy atom. The average Bonchev–Trinajstić information content (AvgIpc) is 2.82. The van der Waals surface area contributed by atoms with Gasteiger partial charge in [0.1, 0.15) is 16.5 Å². The van der Waals surface area contributed by atoms with Gasteiger partial charge in [0.25, 0.3) is 5.91 Å². The molecule has 0 radical (unpaired) electrons. The smallest absolute Gasteiger partial charge is 0.383 e. The summed E-state index contributed by atoms with van der Waals surface area (Å²) in [6, 6.07) is 14.4. The number of halogens is 4. The Kier molecular flexibility index (Phi) is 8.13. The van der Waals surface area contributed by atoms with Gasteiger partial charge < -0.3 is 13.8 Å². The van der Waals surface area contributed by atoms with Gasteiger partial charge in [-0.25, -0.2) is 4.39 Å². The van der Waals surface area contributed by atoms with E-state index in [1.165, 1.54) is 54.5 Å². The summed E-state index contributed by atoms with van der Waals surface area (Å²) < 4.78 is 87.7. The second-order valence-corrected chi connectivity index (χ2v) is 8.95. The van der Waals surface area contributed by atoms with Gasteiger partial charge in [0.15, 0.2) is 0 Å². The van der Waals surface area contributed by atoms with Gasteiger partial charge in [-0.3, -0.25) is 4.79 Å². The van der Waals surface area contributed by atoms with Gasteiger partial charge in [0, 0.05) is 20.2 Å². The third-order valence-corrected chi connectivity index (χ3v) is 6.15. The highest BCUT2D eigenvalue weighted by Gasteiger charge is 2.32. The molecule has 0 N–H and O–H groups in total. The lowest BCUT2D eigenvalue weighted by Crippen LogP contribution is -2.34. The van der Waals surface area contributed by atoms with Gasteiger partial charge >= 0.3 is 16.3 Å². The lowest BCUT2D eigenvalue weighted by molar-refractivity contribution is -0.137. The van der Waals surface area contributed by atoms with Crippen LogP contribution in [0.5, 0.6) is 5.75 Å². The van der Waals surface area contributed by atoms with Crippen LogP contribution in [0.1, 0.15) is 21.5 Å². The summed E-state index contributed by atoms with van der Waals surface area (Å²) in [7, 11) is -3.06. The molecule has 0 spiro atoms. The molecule has 0 aliphatic rings. The summed E-state index contributed by atoms with van der Waals surface area (Å²) >= 11 is 0. The van der Waals surface area contributed by atoms with Crippen LogP contribution >= 0.6 is 0 Å². The normalized spacial score (nSPS) is 11.8. The van der Waals surface area contributed by atoms with Gasteiger partial charge in [-0.05, 0) is 48.0 Å². The maximum atomic E-state index is 14.1. The van der Waals surface area contributed by atoms with Crippen molar-refractivity contribution in [1.82, 2.24) is 4.90 Å². The second kappa shape index (κ2) is 10.9. The van der Waals surface area contributed by atoms with Crippen LogP contribution in [0.3, 0.4) is 0 Å². The minimum atomic E-state index is -4.71. The molecule has 35 heavy (non-hydrogen) atoms. The summed E-state index contributed by atoms with van der Waals surface area (Å²) in [5.74, 6) is -1.34. The Labute approximate surface area is 199 Å². The first-order valence-corrected chi connectivity index (χ1v) is 11.7. The van der Waals surface area contributed by atoms with E-state index >= 15 is 0 Å². The third-order valence-electron chi connectivity index (χ3n) is 4.91. The van der Waals surface area contributed by atoms with Crippen molar-refractivity contribution in [3.05, 3.63) is 95.3 Å². The number of hydrogen-bond donors (Lipinski definition) is 0. The van der Waals surface area contributed by atoms with Crippen LogP contribution in [0.2, 0.25) is 0 Å². The zero-order chi connectivity index (χ0) is 25.6. The molecule has 0 heterocycles. The van der Waals surface area contributed by atoms with Crippen molar-refractivity contribution >= 4 is 16.0 Å². The molecule has 0 unspecified atom stereocenters. The van der Waals surface area contributed by atoms with E-state index in [4.69, 9.17) is 8.92 Å². The molecule has 0 atom stereocenters. The van der Waals surface area contributed by atoms with Crippen LogP contribution in [-0.4, -0.2) is 39.5 Å². The SMILES string of the molecule is COCCN(Cc1ccc(OS(=O)(=O)c2cccc(C(F)(F)F)c2)cc1)C(=O)c1ccccc1F. The largest absolute Gasteiger partial charge is 0.416 e. The number of methoxy groups -OCH3 is 1. The molecule has 6 nitrogen and oxygen atoms in total. The Hall–Kier alpha value is -3.44. The molecule has 0 bridgehead atoms. The van der Waals surface area contributed by atoms with Gasteiger partial charge in [-0.2, -0.15) is 21.6 Å². The molecule has 186 valence electrons. The number of nitrogens with zero attached hydrogens (tertiary/aromatic N) is 1. The summed E-state index contributed by atoms with van der Waals surface area (Å²) in [6.45, 7) is 0.444. The Morgan fingerprint density at radius 2 is 1.66 bits per heavy atom. The monoisotopic (exact) mass is 511 g/mol. The molecular formula is C24H21F4NO5S. The highest BCUT2D eigenvalue weighted by atomic mass is 32.2. The van der Waals surface area contributed by atoms with E-state index in [-0.39, 0.29) is 31.0 Å². The molecule has 0 saturated carbocycles. The standard InChI is InChI=1S/C24H21F4NO5S/c1-33-14-13-29(23(30)21-7-2-3-8-22(21)25)16-17-9-11-19(12-10-17)34-35(31,32)20-6-4-5-18(15-20)24(26,27)28/h2-12,15H,13-14,16H2,1H3. The summed E-state index contributed by atoms with van der Waals surface area (Å²) in [5.41, 5.74) is -0.640. The summed E-state index contributed by atoms with van der Waals surface area (Å²) in [4.78, 5) is 13.6. The minimum Gasteiger partial charge on any atom is -0.383 e. The third kappa shape index (κ3) is 6.80. The van der Waals surface area contributed by atoms with Gasteiger partial charge in [-0.15, -0.1) is 0 Å². The van der Waals surface area contributed by atoms with E-state index in [2.05, 4.69) is 0 Å². The molecule has 0 aromatic heterocycles. The number of carbonyl (C=O) groups is 1. The van der Waals surface area contributed by atoms with E-state index in [0.717, 1.165) is 18.2 Å². The second-order valence-electron chi connectivity index (χ2n) is 7.41. The zero-order valence-electron chi connectivity index (χ0n) is 18.5. The lowest BCUT2D eigenvalue weighted by atomic mass is 10.1.